The second-order valence-electron chi connectivity index (χ2n) is 1.92. The zero-order valence-electron chi connectivity index (χ0n) is 6.13. The third kappa shape index (κ3) is 5.65. The largest absolute Gasteiger partial charge is 0.748 e. The number of hydrogen-bond donors (Lipinski definition) is 0. The molecule has 0 radical (unpaired) electrons. The molecule has 2 aromatic carbocycles. The van der Waals surface area contributed by atoms with Crippen LogP contribution in [0, 0.1) is 0 Å². The van der Waals surface area contributed by atoms with Crippen molar-refractivity contribution in [3.05, 3.63) is 60.7 Å². The van der Waals surface area contributed by atoms with Crippen LogP contribution in [-0.2, 0) is 17.1 Å². The molecular formula is C10H12Fe-6. The Bertz CT molecular complexity index is 149. The van der Waals surface area contributed by atoms with Crippen LogP contribution in [0.3, 0.4) is 0 Å². The molecule has 0 aromatic heterocycles. The molecule has 0 atom stereocenters. The maximum atomic E-state index is 2.00. The molecule has 0 bridgehead atoms. The van der Waals surface area contributed by atoms with Gasteiger partial charge in [0.1, 0.15) is 0 Å². The van der Waals surface area contributed by atoms with Crippen LogP contribution in [0.15, 0.2) is 60.7 Å². The average molecular weight is 188 g/mol. The molecule has 0 saturated carbocycles. The van der Waals surface area contributed by atoms with Crippen molar-refractivity contribution >= 4 is 0 Å². The van der Waals surface area contributed by atoms with E-state index in [0.717, 1.165) is 0 Å². The molecule has 11 heavy (non-hydrogen) atoms. The second kappa shape index (κ2) is 7.33. The van der Waals surface area contributed by atoms with Crippen molar-refractivity contribution < 1.29 is 18.5 Å². The predicted octanol–water partition coefficient (Wildman–Crippen LogP) is 3.05. The molecule has 0 N–H and O–H groups in total. The first-order valence-corrected chi connectivity index (χ1v) is 3.33. The van der Waals surface area contributed by atoms with Crippen molar-refractivity contribution in [1.29, 1.82) is 0 Å². The van der Waals surface area contributed by atoms with E-state index in [2.05, 4.69) is 0 Å². The summed E-state index contributed by atoms with van der Waals surface area (Å²) in [4.78, 5) is 0. The fraction of sp³-hybridized carbons (Fsp3) is 0. The van der Waals surface area contributed by atoms with E-state index in [1.165, 1.54) is 0 Å². The van der Waals surface area contributed by atoms with Crippen LogP contribution in [0.2, 0.25) is 0 Å². The molecule has 0 heterocycles. The maximum absolute atomic E-state index is 2.00. The summed E-state index contributed by atoms with van der Waals surface area (Å²) in [6.45, 7) is 0. The van der Waals surface area contributed by atoms with Crippen molar-refractivity contribution in [2.24, 2.45) is 0 Å². The topological polar surface area (TPSA) is 0 Å². The quantitative estimate of drug-likeness (QED) is 0.440. The Labute approximate surface area is 79.6 Å². The molecule has 2 aromatic rings. The van der Waals surface area contributed by atoms with E-state index >= 15 is 0 Å². The average Bonchev–Trinajstić information content (AvgIpc) is 2.67. The number of rotatable bonds is 0. The van der Waals surface area contributed by atoms with Crippen molar-refractivity contribution in [2.75, 3.05) is 0 Å². The monoisotopic (exact) mass is 188 g/mol. The first kappa shape index (κ1) is 10.2. The standard InChI is InChI=1S/2C5H5.Fe.H2/c2*1-2-4-5-3-1;;/h2*1-5H;;1H/q-5;-1;;. The Morgan fingerprint density at radius 1 is 0.727 bits per heavy atom. The molecule has 2 rings (SSSR count). The van der Waals surface area contributed by atoms with Crippen LogP contribution in [-0.4, -0.2) is 0 Å². The number of hydrogen-bond acceptors (Lipinski definition) is 0. The molecule has 0 saturated heterocycles. The molecule has 0 fully saturated rings. The van der Waals surface area contributed by atoms with Crippen LogP contribution in [0.4, 0.5) is 0 Å². The van der Waals surface area contributed by atoms with Gasteiger partial charge in [-0.1, -0.05) is 0 Å². The van der Waals surface area contributed by atoms with E-state index < -0.39 is 0 Å². The third-order valence-electron chi connectivity index (χ3n) is 1.11. The minimum Gasteiger partial charge on any atom is -0.748 e. The molecule has 0 nitrogen and oxygen atoms in total. The summed E-state index contributed by atoms with van der Waals surface area (Å²) in [7, 11) is 0. The summed E-state index contributed by atoms with van der Waals surface area (Å²) in [5, 5.41) is 0. The van der Waals surface area contributed by atoms with Gasteiger partial charge in [0.2, 0.25) is 0 Å². The van der Waals surface area contributed by atoms with E-state index in [4.69, 9.17) is 0 Å². The fourth-order valence-corrected chi connectivity index (χ4v) is 0.642. The first-order chi connectivity index (χ1) is 5.00. The molecule has 66 valence electrons. The predicted molar refractivity (Wildman–Crippen MR) is 46.2 cm³/mol. The van der Waals surface area contributed by atoms with Gasteiger partial charge < -0.3 is 30.3 Å². The normalized spacial score (nSPS) is 7.27. The van der Waals surface area contributed by atoms with Crippen LogP contribution in [0.25, 0.3) is 0 Å². The van der Waals surface area contributed by atoms with E-state index in [-0.39, 0.29) is 18.5 Å². The van der Waals surface area contributed by atoms with Crippen LogP contribution in [0.1, 0.15) is 1.43 Å². The molecule has 0 unspecified atom stereocenters. The zero-order valence-corrected chi connectivity index (χ0v) is 7.23. The Morgan fingerprint density at radius 3 is 1.27 bits per heavy atom. The SMILES string of the molecule is [Fe].[HH].[cH-]1[cH-][cH-][cH-][cH-]1.c1cc[cH-]c1. The molecule has 0 aliphatic carbocycles. The Hall–Kier alpha value is -0.781. The Kier molecular flexibility index (Phi) is 6.81. The summed E-state index contributed by atoms with van der Waals surface area (Å²) < 4.78 is 0. The van der Waals surface area contributed by atoms with Crippen molar-refractivity contribution in [3.63, 3.8) is 0 Å². The minimum atomic E-state index is 0. The smallest absolute Gasteiger partial charge is 0 e. The molecule has 0 aliphatic heterocycles. The fourth-order valence-electron chi connectivity index (χ4n) is 0.642. The third-order valence-corrected chi connectivity index (χ3v) is 1.11. The molecule has 1 heteroatoms. The van der Waals surface area contributed by atoms with Gasteiger partial charge in [-0.05, 0) is 0 Å². The van der Waals surface area contributed by atoms with E-state index in [1.54, 1.807) is 0 Å². The Morgan fingerprint density at radius 2 is 1.09 bits per heavy atom. The summed E-state index contributed by atoms with van der Waals surface area (Å²) in [6.07, 6.45) is 0. The van der Waals surface area contributed by atoms with Gasteiger partial charge in [0.15, 0.2) is 0 Å². The van der Waals surface area contributed by atoms with Gasteiger partial charge in [0, 0.05) is 18.5 Å². The molecule has 0 spiro atoms. The van der Waals surface area contributed by atoms with Crippen molar-refractivity contribution in [2.45, 2.75) is 0 Å². The van der Waals surface area contributed by atoms with Gasteiger partial charge in [-0.15, -0.1) is 0 Å². The summed E-state index contributed by atoms with van der Waals surface area (Å²) in [6, 6.07) is 20.0. The van der Waals surface area contributed by atoms with Gasteiger partial charge in [-0.25, -0.2) is 12.1 Å². The van der Waals surface area contributed by atoms with Gasteiger partial charge in [-0.2, -0.15) is 18.2 Å². The first-order valence-electron chi connectivity index (χ1n) is 3.33. The summed E-state index contributed by atoms with van der Waals surface area (Å²) >= 11 is 0. The van der Waals surface area contributed by atoms with Gasteiger partial charge in [0.05, 0.1) is 0 Å². The van der Waals surface area contributed by atoms with E-state index in [1.807, 2.05) is 60.7 Å². The Balaban J connectivity index is 0. The molecule has 0 amide bonds. The van der Waals surface area contributed by atoms with E-state index in [9.17, 15) is 0 Å². The van der Waals surface area contributed by atoms with Crippen LogP contribution < -0.4 is 0 Å². The molecule has 0 aliphatic rings. The second-order valence-corrected chi connectivity index (χ2v) is 1.92. The zero-order chi connectivity index (χ0) is 7.07. The van der Waals surface area contributed by atoms with Crippen LogP contribution in [0.5, 0.6) is 0 Å². The van der Waals surface area contributed by atoms with Gasteiger partial charge in [-0.3, -0.25) is 0 Å². The van der Waals surface area contributed by atoms with Gasteiger partial charge >= 0.3 is 0 Å². The summed E-state index contributed by atoms with van der Waals surface area (Å²) in [5.41, 5.74) is 0. The van der Waals surface area contributed by atoms with E-state index in [0.29, 0.717) is 0 Å². The maximum Gasteiger partial charge on any atom is 0 e. The summed E-state index contributed by atoms with van der Waals surface area (Å²) in [5.74, 6) is 0. The van der Waals surface area contributed by atoms with Crippen molar-refractivity contribution in [3.8, 4) is 0 Å². The van der Waals surface area contributed by atoms with Crippen LogP contribution >= 0.6 is 0 Å². The van der Waals surface area contributed by atoms with Crippen molar-refractivity contribution in [1.82, 2.24) is 0 Å². The molecular weight excluding hydrogens is 176 g/mol. The minimum absolute atomic E-state index is 0. The van der Waals surface area contributed by atoms with Gasteiger partial charge in [0.25, 0.3) is 0 Å².